The summed E-state index contributed by atoms with van der Waals surface area (Å²) in [7, 11) is 0. The Hall–Kier alpha value is -3.04. The molecule has 0 aromatic heterocycles. The lowest BCUT2D eigenvalue weighted by molar-refractivity contribution is -0.128. The molecule has 27 heavy (non-hydrogen) atoms. The molecule has 134 valence electrons. The second-order valence-electron chi connectivity index (χ2n) is 6.23. The first-order valence-electron chi connectivity index (χ1n) is 8.66. The molecule has 1 aliphatic rings. The smallest absolute Gasteiger partial charge is 0.335 e. The Kier molecular flexibility index (Phi) is 4.69. The van der Waals surface area contributed by atoms with Crippen LogP contribution >= 0.6 is 11.6 Å². The number of carbonyl (C=O) groups excluding carboxylic acids is 1. The number of hydrogen-bond donors (Lipinski definition) is 0. The van der Waals surface area contributed by atoms with Gasteiger partial charge in [-0.2, -0.15) is 0 Å². The molecule has 0 saturated carbocycles. The van der Waals surface area contributed by atoms with Crippen molar-refractivity contribution < 1.29 is 14.3 Å². The van der Waals surface area contributed by atoms with Gasteiger partial charge in [-0.05, 0) is 43.2 Å². The normalized spacial score (nSPS) is 12.5. The van der Waals surface area contributed by atoms with Crippen molar-refractivity contribution in [3.8, 4) is 17.2 Å². The van der Waals surface area contributed by atoms with Gasteiger partial charge in [0.05, 0.1) is 0 Å². The van der Waals surface area contributed by atoms with Gasteiger partial charge >= 0.3 is 5.97 Å². The summed E-state index contributed by atoms with van der Waals surface area (Å²) < 4.78 is 11.9. The minimum atomic E-state index is -0.486. The number of fused-ring (bicyclic) bond motifs is 2. The van der Waals surface area contributed by atoms with E-state index in [9.17, 15) is 4.79 Å². The number of halogens is 1. The summed E-state index contributed by atoms with van der Waals surface area (Å²) in [6.45, 7) is 3.50. The molecule has 1 aliphatic carbocycles. The molecule has 0 heterocycles. The average molecular weight is 377 g/mol. The third-order valence-electron chi connectivity index (χ3n) is 4.53. The largest absolute Gasteiger partial charge is 0.456 e. The van der Waals surface area contributed by atoms with Crippen molar-refractivity contribution in [2.24, 2.45) is 0 Å². The number of esters is 1. The molecule has 0 bridgehead atoms. The van der Waals surface area contributed by atoms with Crippen molar-refractivity contribution in [3.63, 3.8) is 0 Å². The second kappa shape index (κ2) is 7.29. The van der Waals surface area contributed by atoms with Gasteiger partial charge in [-0.15, -0.1) is 0 Å². The van der Waals surface area contributed by atoms with Gasteiger partial charge in [0.15, 0.2) is 0 Å². The van der Waals surface area contributed by atoms with Gasteiger partial charge in [0, 0.05) is 33.0 Å². The van der Waals surface area contributed by atoms with Crippen molar-refractivity contribution in [3.05, 3.63) is 89.5 Å². The number of benzene rings is 3. The van der Waals surface area contributed by atoms with Gasteiger partial charge in [0.1, 0.15) is 17.2 Å². The fraction of sp³-hybridized carbons (Fsp3) is 0.0870. The Bertz CT molecular complexity index is 1070. The maximum absolute atomic E-state index is 11.9. The number of para-hydroxylation sites is 1. The zero-order chi connectivity index (χ0) is 18.8. The van der Waals surface area contributed by atoms with Gasteiger partial charge in [-0.25, -0.2) is 4.79 Å². The van der Waals surface area contributed by atoms with Gasteiger partial charge in [0.25, 0.3) is 0 Å². The van der Waals surface area contributed by atoms with Crippen molar-refractivity contribution >= 4 is 28.3 Å². The summed E-state index contributed by atoms with van der Waals surface area (Å²) in [6.07, 6.45) is 6.69. The van der Waals surface area contributed by atoms with Crippen molar-refractivity contribution in [1.29, 1.82) is 0 Å². The third kappa shape index (κ3) is 3.34. The topological polar surface area (TPSA) is 35.5 Å². The Morgan fingerprint density at radius 1 is 0.963 bits per heavy atom. The van der Waals surface area contributed by atoms with E-state index in [0.29, 0.717) is 23.6 Å². The maximum Gasteiger partial charge on any atom is 0.335 e. The van der Waals surface area contributed by atoms with Crippen LogP contribution in [0.4, 0.5) is 0 Å². The van der Waals surface area contributed by atoms with Crippen LogP contribution in [0.5, 0.6) is 17.2 Å². The van der Waals surface area contributed by atoms with Gasteiger partial charge in [0.2, 0.25) is 0 Å². The lowest BCUT2D eigenvalue weighted by atomic mass is 9.90. The van der Waals surface area contributed by atoms with E-state index in [-0.39, 0.29) is 0 Å². The first-order valence-corrected chi connectivity index (χ1v) is 9.04. The highest BCUT2D eigenvalue weighted by molar-refractivity contribution is 6.31. The van der Waals surface area contributed by atoms with Crippen molar-refractivity contribution in [2.45, 2.75) is 12.8 Å². The maximum atomic E-state index is 11.9. The van der Waals surface area contributed by atoms with Crippen LogP contribution in [0.1, 0.15) is 11.1 Å². The fourth-order valence-electron chi connectivity index (χ4n) is 3.32. The Morgan fingerprint density at radius 2 is 1.67 bits per heavy atom. The molecule has 4 heteroatoms. The molecule has 3 aromatic carbocycles. The molecule has 0 atom stereocenters. The first kappa shape index (κ1) is 17.4. The van der Waals surface area contributed by atoms with Crippen LogP contribution in [0.3, 0.4) is 0 Å². The summed E-state index contributed by atoms with van der Waals surface area (Å²) in [6, 6.07) is 15.1. The molecule has 3 nitrogen and oxygen atoms in total. The van der Waals surface area contributed by atoms with Crippen LogP contribution in [0.25, 0.3) is 10.8 Å². The molecular formula is C23H17ClO3. The van der Waals surface area contributed by atoms with Crippen LogP contribution in [0, 0.1) is 0 Å². The molecule has 4 rings (SSSR count). The predicted molar refractivity (Wildman–Crippen MR) is 108 cm³/mol. The molecule has 3 aromatic rings. The lowest BCUT2D eigenvalue weighted by Crippen LogP contribution is -2.10. The van der Waals surface area contributed by atoms with Crippen LogP contribution in [0.2, 0.25) is 5.02 Å². The van der Waals surface area contributed by atoms with E-state index in [1.165, 1.54) is 6.08 Å². The monoisotopic (exact) mass is 376 g/mol. The van der Waals surface area contributed by atoms with Crippen molar-refractivity contribution in [2.75, 3.05) is 0 Å². The molecule has 0 unspecified atom stereocenters. The molecular weight excluding hydrogens is 360 g/mol. The minimum absolute atomic E-state index is 0.486. The molecule has 0 amide bonds. The number of carbonyl (C=O) groups is 1. The molecule has 0 radical (unpaired) electrons. The number of allylic oxidation sites excluding steroid dienone is 2. The van der Waals surface area contributed by atoms with E-state index < -0.39 is 5.97 Å². The van der Waals surface area contributed by atoms with Crippen LogP contribution in [0.15, 0.2) is 73.3 Å². The van der Waals surface area contributed by atoms with E-state index in [2.05, 4.69) is 18.7 Å². The summed E-state index contributed by atoms with van der Waals surface area (Å²) in [4.78, 5) is 11.9. The second-order valence-corrected chi connectivity index (χ2v) is 6.66. The van der Waals surface area contributed by atoms with E-state index >= 15 is 0 Å². The number of hydrogen-bond acceptors (Lipinski definition) is 3. The van der Waals surface area contributed by atoms with Crippen LogP contribution in [-0.4, -0.2) is 5.97 Å². The number of ether oxygens (including phenoxy) is 2. The molecule has 0 saturated heterocycles. The third-order valence-corrected chi connectivity index (χ3v) is 4.76. The summed E-state index contributed by atoms with van der Waals surface area (Å²) in [5, 5.41) is 2.19. The van der Waals surface area contributed by atoms with E-state index in [1.807, 2.05) is 42.5 Å². The highest BCUT2D eigenvalue weighted by atomic mass is 35.5. The van der Waals surface area contributed by atoms with Gasteiger partial charge in [-0.3, -0.25) is 0 Å². The SMILES string of the molecule is C=CC(=O)Oc1c2c(c(Oc3ccccc3)c3cc(Cl)ccc13)CC=CC2. The van der Waals surface area contributed by atoms with Gasteiger partial charge in [-0.1, -0.05) is 48.5 Å². The van der Waals surface area contributed by atoms with E-state index in [0.717, 1.165) is 33.4 Å². The highest BCUT2D eigenvalue weighted by Crippen LogP contribution is 2.45. The Labute approximate surface area is 162 Å². The first-order chi connectivity index (χ1) is 13.2. The zero-order valence-corrected chi connectivity index (χ0v) is 15.3. The van der Waals surface area contributed by atoms with Crippen LogP contribution < -0.4 is 9.47 Å². The fourth-order valence-corrected chi connectivity index (χ4v) is 3.49. The minimum Gasteiger partial charge on any atom is -0.456 e. The summed E-state index contributed by atoms with van der Waals surface area (Å²) >= 11 is 6.27. The predicted octanol–water partition coefficient (Wildman–Crippen LogP) is 6.03. The van der Waals surface area contributed by atoms with E-state index in [4.69, 9.17) is 21.1 Å². The standard InChI is InChI=1S/C23H17ClO3/c1-2-21(25)27-22-17-10-6-7-11-18(17)23(26-16-8-4-3-5-9-16)20-14-15(24)12-13-19(20)22/h2-9,12-14H,1,10-11H2. The van der Waals surface area contributed by atoms with Crippen molar-refractivity contribution in [1.82, 2.24) is 0 Å². The summed E-state index contributed by atoms with van der Waals surface area (Å²) in [5.74, 6) is 1.55. The Morgan fingerprint density at radius 3 is 2.37 bits per heavy atom. The number of rotatable bonds is 4. The molecule has 0 fully saturated rings. The summed E-state index contributed by atoms with van der Waals surface area (Å²) in [5.41, 5.74) is 1.96. The zero-order valence-electron chi connectivity index (χ0n) is 14.6. The molecule has 0 aliphatic heterocycles. The lowest BCUT2D eigenvalue weighted by Gasteiger charge is -2.22. The molecule has 0 N–H and O–H groups in total. The Balaban J connectivity index is 1.99. The molecule has 0 spiro atoms. The average Bonchev–Trinajstić information content (AvgIpc) is 2.71. The highest BCUT2D eigenvalue weighted by Gasteiger charge is 2.24. The van der Waals surface area contributed by atoms with Crippen LogP contribution in [-0.2, 0) is 17.6 Å². The van der Waals surface area contributed by atoms with Gasteiger partial charge < -0.3 is 9.47 Å². The quantitative estimate of drug-likeness (QED) is 0.241. The van der Waals surface area contributed by atoms with E-state index in [1.54, 1.807) is 6.07 Å².